The van der Waals surface area contributed by atoms with Crippen LogP contribution in [0.1, 0.15) is 39.7 Å². The normalized spacial score (nSPS) is 25.1. The van der Waals surface area contributed by atoms with Gasteiger partial charge >= 0.3 is 6.03 Å². The Morgan fingerprint density at radius 1 is 1.20 bits per heavy atom. The molecule has 180 valence electrons. The molecule has 35 heavy (non-hydrogen) atoms. The number of imide groups is 1. The highest BCUT2D eigenvalue weighted by molar-refractivity contribution is 6.08. The highest BCUT2D eigenvalue weighted by Crippen LogP contribution is 2.40. The number of methoxy groups -OCH3 is 1. The molecule has 0 spiro atoms. The monoisotopic (exact) mass is 480 g/mol. The van der Waals surface area contributed by atoms with E-state index in [1.54, 1.807) is 25.1 Å². The van der Waals surface area contributed by atoms with E-state index in [0.29, 0.717) is 28.6 Å². The number of ether oxygens (including phenoxy) is 1. The van der Waals surface area contributed by atoms with Gasteiger partial charge in [0.15, 0.2) is 17.1 Å². The van der Waals surface area contributed by atoms with Crippen LogP contribution in [0.4, 0.5) is 9.18 Å². The maximum atomic E-state index is 14.8. The second-order valence-corrected chi connectivity index (χ2v) is 9.14. The SMILES string of the molecule is COc1ccc2c(c1F)C(=O)N(CC1(c3cc4c5c(ccc4o3)CNC5(C)O)NC(=O)NC1=O)C2. The standard InChI is InChI=1S/C24H21FN4O6/c1-23(33)18-11(8-26-23)3-5-14-13(18)7-16(35-14)24(21(31)27-22(32)28-24)10-29-9-12-4-6-15(34-2)19(25)17(12)20(29)30/h3-7,26,33H,8-10H2,1-2H3,(H2,27,28,31,32). The summed E-state index contributed by atoms with van der Waals surface area (Å²) in [6.07, 6.45) is 0. The Kier molecular flexibility index (Phi) is 4.33. The molecule has 3 aliphatic heterocycles. The molecule has 2 atom stereocenters. The van der Waals surface area contributed by atoms with Crippen molar-refractivity contribution in [2.45, 2.75) is 31.3 Å². The Morgan fingerprint density at radius 3 is 2.69 bits per heavy atom. The quantitative estimate of drug-likeness (QED) is 0.417. The number of nitrogens with one attached hydrogen (secondary N) is 3. The Balaban J connectivity index is 1.44. The van der Waals surface area contributed by atoms with Gasteiger partial charge in [-0.05, 0) is 36.2 Å². The maximum Gasteiger partial charge on any atom is 0.322 e. The van der Waals surface area contributed by atoms with Crippen LogP contribution >= 0.6 is 0 Å². The molecule has 1 aromatic heterocycles. The third kappa shape index (κ3) is 2.91. The number of carbonyl (C=O) groups is 3. The highest BCUT2D eigenvalue weighted by atomic mass is 19.1. The van der Waals surface area contributed by atoms with Gasteiger partial charge in [-0.2, -0.15) is 0 Å². The molecule has 2 unspecified atom stereocenters. The molecule has 11 heteroatoms. The molecule has 4 N–H and O–H groups in total. The lowest BCUT2D eigenvalue weighted by molar-refractivity contribution is -0.125. The first-order chi connectivity index (χ1) is 16.6. The summed E-state index contributed by atoms with van der Waals surface area (Å²) in [5.41, 5.74) is -0.858. The summed E-state index contributed by atoms with van der Waals surface area (Å²) in [6, 6.07) is 7.42. The number of carbonyl (C=O) groups excluding carboxylic acids is 3. The number of hydrogen-bond acceptors (Lipinski definition) is 7. The molecular weight excluding hydrogens is 459 g/mol. The average molecular weight is 480 g/mol. The molecule has 4 heterocycles. The molecular formula is C24H21FN4O6. The zero-order chi connectivity index (χ0) is 24.7. The van der Waals surface area contributed by atoms with Gasteiger partial charge in [-0.25, -0.2) is 9.18 Å². The van der Waals surface area contributed by atoms with Crippen molar-refractivity contribution in [3.05, 3.63) is 64.2 Å². The highest BCUT2D eigenvalue weighted by Gasteiger charge is 2.53. The number of furan rings is 1. The molecule has 6 rings (SSSR count). The largest absolute Gasteiger partial charge is 0.494 e. The summed E-state index contributed by atoms with van der Waals surface area (Å²) in [4.78, 5) is 39.8. The van der Waals surface area contributed by atoms with E-state index in [9.17, 15) is 23.9 Å². The average Bonchev–Trinajstić information content (AvgIpc) is 3.53. The van der Waals surface area contributed by atoms with E-state index >= 15 is 0 Å². The van der Waals surface area contributed by atoms with Crippen molar-refractivity contribution in [1.29, 1.82) is 0 Å². The Morgan fingerprint density at radius 2 is 1.97 bits per heavy atom. The zero-order valence-electron chi connectivity index (χ0n) is 18.8. The van der Waals surface area contributed by atoms with Gasteiger partial charge in [-0.15, -0.1) is 0 Å². The summed E-state index contributed by atoms with van der Waals surface area (Å²) >= 11 is 0. The fraction of sp³-hybridized carbons (Fsp3) is 0.292. The molecule has 1 saturated heterocycles. The van der Waals surface area contributed by atoms with Gasteiger partial charge in [-0.1, -0.05) is 12.1 Å². The van der Waals surface area contributed by atoms with E-state index < -0.39 is 34.9 Å². The summed E-state index contributed by atoms with van der Waals surface area (Å²) in [5, 5.41) is 19.2. The minimum Gasteiger partial charge on any atom is -0.494 e. The smallest absolute Gasteiger partial charge is 0.322 e. The molecule has 4 amide bonds. The Bertz CT molecular complexity index is 1460. The predicted octanol–water partition coefficient (Wildman–Crippen LogP) is 1.54. The van der Waals surface area contributed by atoms with Crippen LogP contribution in [-0.4, -0.2) is 41.5 Å². The minimum absolute atomic E-state index is 0.0360. The van der Waals surface area contributed by atoms with Gasteiger partial charge in [0.2, 0.25) is 0 Å². The van der Waals surface area contributed by atoms with Crippen LogP contribution in [0.2, 0.25) is 0 Å². The molecule has 3 aromatic rings. The molecule has 0 aliphatic carbocycles. The fourth-order valence-electron chi connectivity index (χ4n) is 5.27. The topological polar surface area (TPSA) is 133 Å². The van der Waals surface area contributed by atoms with Gasteiger partial charge < -0.3 is 24.5 Å². The van der Waals surface area contributed by atoms with Crippen molar-refractivity contribution in [2.24, 2.45) is 0 Å². The Labute approximate surface area is 198 Å². The van der Waals surface area contributed by atoms with E-state index in [1.165, 1.54) is 18.1 Å². The molecule has 3 aliphatic rings. The number of urea groups is 1. The van der Waals surface area contributed by atoms with Crippen molar-refractivity contribution in [2.75, 3.05) is 13.7 Å². The van der Waals surface area contributed by atoms with Crippen LogP contribution in [0.3, 0.4) is 0 Å². The third-order valence-electron chi connectivity index (χ3n) is 6.96. The fourth-order valence-corrected chi connectivity index (χ4v) is 5.27. The maximum absolute atomic E-state index is 14.8. The first kappa shape index (κ1) is 21.6. The lowest BCUT2D eigenvalue weighted by Crippen LogP contribution is -2.52. The summed E-state index contributed by atoms with van der Waals surface area (Å²) in [7, 11) is 1.31. The number of rotatable bonds is 4. The molecule has 0 saturated carbocycles. The van der Waals surface area contributed by atoms with Crippen LogP contribution in [0.25, 0.3) is 11.0 Å². The Hall–Kier alpha value is -3.96. The van der Waals surface area contributed by atoms with Crippen molar-refractivity contribution in [1.82, 2.24) is 20.9 Å². The van der Waals surface area contributed by atoms with E-state index in [-0.39, 0.29) is 30.2 Å². The van der Waals surface area contributed by atoms with E-state index in [4.69, 9.17) is 9.15 Å². The number of aliphatic hydroxyl groups is 1. The van der Waals surface area contributed by atoms with Crippen molar-refractivity contribution in [3.63, 3.8) is 0 Å². The van der Waals surface area contributed by atoms with Crippen molar-refractivity contribution in [3.8, 4) is 5.75 Å². The van der Waals surface area contributed by atoms with E-state index in [2.05, 4.69) is 16.0 Å². The molecule has 1 fully saturated rings. The zero-order valence-corrected chi connectivity index (χ0v) is 18.8. The number of halogens is 1. The first-order valence-corrected chi connectivity index (χ1v) is 11.0. The second kappa shape index (κ2) is 7.03. The summed E-state index contributed by atoms with van der Waals surface area (Å²) < 4.78 is 25.9. The van der Waals surface area contributed by atoms with Gasteiger partial charge in [0.1, 0.15) is 17.1 Å². The van der Waals surface area contributed by atoms with Gasteiger partial charge in [0.25, 0.3) is 11.8 Å². The third-order valence-corrected chi connectivity index (χ3v) is 6.96. The van der Waals surface area contributed by atoms with Crippen LogP contribution in [0, 0.1) is 5.82 Å². The van der Waals surface area contributed by atoms with Crippen LogP contribution in [0.5, 0.6) is 5.75 Å². The van der Waals surface area contributed by atoms with E-state index in [1.807, 2.05) is 6.07 Å². The van der Waals surface area contributed by atoms with Crippen LogP contribution in [0.15, 0.2) is 34.7 Å². The number of fused-ring (bicyclic) bond motifs is 4. The summed E-state index contributed by atoms with van der Waals surface area (Å²) in [6.45, 7) is 1.81. The van der Waals surface area contributed by atoms with Gasteiger partial charge in [0.05, 0.1) is 19.2 Å². The minimum atomic E-state index is -1.75. The molecule has 10 nitrogen and oxygen atoms in total. The predicted molar refractivity (Wildman–Crippen MR) is 119 cm³/mol. The number of hydrogen-bond donors (Lipinski definition) is 4. The second-order valence-electron chi connectivity index (χ2n) is 9.14. The van der Waals surface area contributed by atoms with Crippen molar-refractivity contribution >= 4 is 28.8 Å². The van der Waals surface area contributed by atoms with Crippen LogP contribution in [-0.2, 0) is 29.1 Å². The lowest BCUT2D eigenvalue weighted by Gasteiger charge is -2.29. The van der Waals surface area contributed by atoms with Gasteiger partial charge in [0, 0.05) is 24.0 Å². The van der Waals surface area contributed by atoms with E-state index in [0.717, 1.165) is 5.56 Å². The number of amides is 4. The van der Waals surface area contributed by atoms with Gasteiger partial charge in [-0.3, -0.25) is 20.2 Å². The summed E-state index contributed by atoms with van der Waals surface area (Å²) in [5.74, 6) is -2.08. The van der Waals surface area contributed by atoms with Crippen molar-refractivity contribution < 1.29 is 33.0 Å². The lowest BCUT2D eigenvalue weighted by atomic mass is 9.93. The molecule has 0 bridgehead atoms. The first-order valence-electron chi connectivity index (χ1n) is 11.0. The number of benzene rings is 2. The number of nitrogens with zero attached hydrogens (tertiary/aromatic N) is 1. The molecule has 2 aromatic carbocycles. The van der Waals surface area contributed by atoms with Crippen LogP contribution < -0.4 is 20.7 Å². The molecule has 0 radical (unpaired) electrons.